The molecule has 1 nitrogen and oxygen atoms in total. The van der Waals surface area contributed by atoms with Crippen LogP contribution in [0, 0.1) is 5.82 Å². The van der Waals surface area contributed by atoms with Crippen LogP contribution in [0.2, 0.25) is 0 Å². The van der Waals surface area contributed by atoms with Gasteiger partial charge in [0, 0.05) is 11.8 Å². The van der Waals surface area contributed by atoms with Gasteiger partial charge < -0.3 is 0 Å². The first-order valence-electron chi connectivity index (χ1n) is 4.53. The first kappa shape index (κ1) is 10.1. The zero-order valence-electron chi connectivity index (χ0n) is 7.84. The molecule has 0 aromatic heterocycles. The van der Waals surface area contributed by atoms with Crippen LogP contribution in [0.25, 0.3) is 10.8 Å². The number of carbonyl (C=O) groups is 1. The van der Waals surface area contributed by atoms with Crippen LogP contribution in [0.4, 0.5) is 4.39 Å². The van der Waals surface area contributed by atoms with Crippen molar-refractivity contribution < 1.29 is 9.18 Å². The quantitative estimate of drug-likeness (QED) is 0.713. The lowest BCUT2D eigenvalue weighted by Crippen LogP contribution is -1.95. The fourth-order valence-corrected chi connectivity index (χ4v) is 1.77. The lowest BCUT2D eigenvalue weighted by atomic mass is 10.0. The van der Waals surface area contributed by atoms with E-state index in [0.29, 0.717) is 5.39 Å². The second-order valence-corrected chi connectivity index (χ2v) is 3.71. The summed E-state index contributed by atoms with van der Waals surface area (Å²) in [5.74, 6) is -0.281. The van der Waals surface area contributed by atoms with Crippen LogP contribution >= 0.6 is 11.6 Å². The Bertz CT molecular complexity index is 522. The Morgan fingerprint density at radius 2 is 1.80 bits per heavy atom. The van der Waals surface area contributed by atoms with Crippen LogP contribution in [0.5, 0.6) is 0 Å². The van der Waals surface area contributed by atoms with E-state index >= 15 is 0 Å². The minimum atomic E-state index is -0.438. The normalized spacial score (nSPS) is 10.5. The van der Waals surface area contributed by atoms with E-state index in [1.54, 1.807) is 24.3 Å². The molecule has 0 spiro atoms. The van der Waals surface area contributed by atoms with Gasteiger partial charge in [0.2, 0.25) is 5.24 Å². The highest BCUT2D eigenvalue weighted by Crippen LogP contribution is 2.22. The van der Waals surface area contributed by atoms with E-state index in [9.17, 15) is 9.18 Å². The van der Waals surface area contributed by atoms with Gasteiger partial charge in [0.25, 0.3) is 0 Å². The van der Waals surface area contributed by atoms with Crippen LogP contribution < -0.4 is 0 Å². The van der Waals surface area contributed by atoms with Gasteiger partial charge in [0.1, 0.15) is 5.82 Å². The molecule has 2 aromatic rings. The Hall–Kier alpha value is -1.41. The summed E-state index contributed by atoms with van der Waals surface area (Å²) in [4.78, 5) is 10.8. The standard InChI is InChI=1S/C12H8ClFO/c13-12(15)7-8-5-6-11(14)10-4-2-1-3-9(8)10/h1-6H,7H2. The van der Waals surface area contributed by atoms with Crippen molar-refractivity contribution in [2.75, 3.05) is 0 Å². The second-order valence-electron chi connectivity index (χ2n) is 3.28. The second kappa shape index (κ2) is 3.99. The van der Waals surface area contributed by atoms with Gasteiger partial charge in [0.15, 0.2) is 0 Å². The SMILES string of the molecule is O=C(Cl)Cc1ccc(F)c2ccccc12. The van der Waals surface area contributed by atoms with Crippen molar-refractivity contribution in [1.29, 1.82) is 0 Å². The van der Waals surface area contributed by atoms with Gasteiger partial charge in [-0.05, 0) is 28.6 Å². The fourth-order valence-electron chi connectivity index (χ4n) is 1.63. The number of halogens is 2. The molecule has 76 valence electrons. The molecule has 0 N–H and O–H groups in total. The van der Waals surface area contributed by atoms with E-state index in [0.717, 1.165) is 10.9 Å². The fraction of sp³-hybridized carbons (Fsp3) is 0.0833. The third-order valence-electron chi connectivity index (χ3n) is 2.29. The Morgan fingerprint density at radius 1 is 1.13 bits per heavy atom. The summed E-state index contributed by atoms with van der Waals surface area (Å²) in [6.45, 7) is 0. The Balaban J connectivity index is 2.66. The van der Waals surface area contributed by atoms with Crippen LogP contribution in [0.3, 0.4) is 0 Å². The molecular weight excluding hydrogens is 215 g/mol. The molecule has 0 aliphatic heterocycles. The number of carbonyl (C=O) groups excluding carboxylic acids is 1. The molecule has 0 fully saturated rings. The molecule has 0 atom stereocenters. The van der Waals surface area contributed by atoms with Gasteiger partial charge in [-0.3, -0.25) is 4.79 Å². The number of fused-ring (bicyclic) bond motifs is 1. The molecule has 0 unspecified atom stereocenters. The van der Waals surface area contributed by atoms with E-state index in [1.807, 2.05) is 6.07 Å². The molecule has 0 heterocycles. The Labute approximate surface area is 91.5 Å². The molecule has 3 heteroatoms. The van der Waals surface area contributed by atoms with E-state index in [4.69, 9.17) is 11.6 Å². The average molecular weight is 223 g/mol. The van der Waals surface area contributed by atoms with E-state index < -0.39 is 5.24 Å². The minimum absolute atomic E-state index is 0.127. The first-order chi connectivity index (χ1) is 7.18. The van der Waals surface area contributed by atoms with Crippen molar-refractivity contribution in [3.8, 4) is 0 Å². The molecule has 0 amide bonds. The van der Waals surface area contributed by atoms with Crippen molar-refractivity contribution in [2.24, 2.45) is 0 Å². The monoisotopic (exact) mass is 222 g/mol. The van der Waals surface area contributed by atoms with Gasteiger partial charge >= 0.3 is 0 Å². The van der Waals surface area contributed by atoms with Crippen LogP contribution in [-0.2, 0) is 11.2 Å². The first-order valence-corrected chi connectivity index (χ1v) is 4.91. The summed E-state index contributed by atoms with van der Waals surface area (Å²) >= 11 is 5.32. The highest BCUT2D eigenvalue weighted by molar-refractivity contribution is 6.63. The third-order valence-corrected chi connectivity index (χ3v) is 2.42. The zero-order valence-corrected chi connectivity index (χ0v) is 8.59. The van der Waals surface area contributed by atoms with Gasteiger partial charge in [-0.2, -0.15) is 0 Å². The number of benzene rings is 2. The largest absolute Gasteiger partial charge is 0.281 e. The third kappa shape index (κ3) is 2.00. The Morgan fingerprint density at radius 3 is 2.47 bits per heavy atom. The molecule has 15 heavy (non-hydrogen) atoms. The van der Waals surface area contributed by atoms with E-state index in [-0.39, 0.29) is 12.2 Å². The predicted molar refractivity (Wildman–Crippen MR) is 58.5 cm³/mol. The van der Waals surface area contributed by atoms with Gasteiger partial charge in [-0.15, -0.1) is 0 Å². The van der Waals surface area contributed by atoms with E-state index in [2.05, 4.69) is 0 Å². The van der Waals surface area contributed by atoms with Crippen molar-refractivity contribution >= 4 is 27.6 Å². The number of hydrogen-bond donors (Lipinski definition) is 0. The minimum Gasteiger partial charge on any atom is -0.281 e. The maximum Gasteiger partial charge on any atom is 0.226 e. The molecule has 0 saturated carbocycles. The molecule has 2 aromatic carbocycles. The van der Waals surface area contributed by atoms with Crippen molar-refractivity contribution in [3.05, 3.63) is 47.8 Å². The highest BCUT2D eigenvalue weighted by atomic mass is 35.5. The lowest BCUT2D eigenvalue weighted by molar-refractivity contribution is -0.111. The van der Waals surface area contributed by atoms with Crippen molar-refractivity contribution in [2.45, 2.75) is 6.42 Å². The highest BCUT2D eigenvalue weighted by Gasteiger charge is 2.07. The number of rotatable bonds is 2. The summed E-state index contributed by atoms with van der Waals surface area (Å²) < 4.78 is 13.4. The average Bonchev–Trinajstić information content (AvgIpc) is 2.22. The zero-order chi connectivity index (χ0) is 10.8. The van der Waals surface area contributed by atoms with Crippen LogP contribution in [0.15, 0.2) is 36.4 Å². The lowest BCUT2D eigenvalue weighted by Gasteiger charge is -2.04. The summed E-state index contributed by atoms with van der Waals surface area (Å²) in [5, 5.41) is 0.825. The summed E-state index contributed by atoms with van der Waals surface area (Å²) in [5.41, 5.74) is 0.756. The van der Waals surface area contributed by atoms with Crippen molar-refractivity contribution in [3.63, 3.8) is 0 Å². The van der Waals surface area contributed by atoms with Crippen molar-refractivity contribution in [1.82, 2.24) is 0 Å². The smallest absolute Gasteiger partial charge is 0.226 e. The van der Waals surface area contributed by atoms with Crippen LogP contribution in [-0.4, -0.2) is 5.24 Å². The molecule has 0 aliphatic rings. The van der Waals surface area contributed by atoms with Gasteiger partial charge in [-0.25, -0.2) is 4.39 Å². The topological polar surface area (TPSA) is 17.1 Å². The maximum atomic E-state index is 13.4. The van der Waals surface area contributed by atoms with Gasteiger partial charge in [0.05, 0.1) is 0 Å². The maximum absolute atomic E-state index is 13.4. The molecule has 0 radical (unpaired) electrons. The Kier molecular flexibility index (Phi) is 2.69. The number of hydrogen-bond acceptors (Lipinski definition) is 1. The molecular formula is C12H8ClFO. The van der Waals surface area contributed by atoms with E-state index in [1.165, 1.54) is 6.07 Å². The molecule has 0 bridgehead atoms. The summed E-state index contributed by atoms with van der Waals surface area (Å²) in [6.07, 6.45) is 0.127. The summed E-state index contributed by atoms with van der Waals surface area (Å²) in [7, 11) is 0. The molecule has 0 saturated heterocycles. The van der Waals surface area contributed by atoms with Crippen LogP contribution in [0.1, 0.15) is 5.56 Å². The summed E-state index contributed by atoms with van der Waals surface area (Å²) in [6, 6.07) is 10.00. The molecule has 2 rings (SSSR count). The molecule has 0 aliphatic carbocycles. The van der Waals surface area contributed by atoms with Gasteiger partial charge in [-0.1, -0.05) is 30.3 Å². The predicted octanol–water partition coefficient (Wildman–Crippen LogP) is 3.29.